The Morgan fingerprint density at radius 1 is 1.20 bits per heavy atom. The van der Waals surface area contributed by atoms with Crippen molar-refractivity contribution in [3.63, 3.8) is 0 Å². The van der Waals surface area contributed by atoms with Crippen LogP contribution in [0.25, 0.3) is 0 Å². The maximum atomic E-state index is 12.0. The van der Waals surface area contributed by atoms with Gasteiger partial charge in [0.1, 0.15) is 17.4 Å². The normalized spacial score (nSPS) is 20.1. The summed E-state index contributed by atoms with van der Waals surface area (Å²) in [7, 11) is -1.51. The Morgan fingerprint density at radius 3 is 2.80 bits per heavy atom. The van der Waals surface area contributed by atoms with E-state index in [2.05, 4.69) is 24.0 Å². The number of aromatic nitrogens is 2. The molecule has 1 aromatic heterocycles. The van der Waals surface area contributed by atoms with Crippen LogP contribution in [0.2, 0.25) is 0 Å². The molecule has 0 N–H and O–H groups in total. The largest absolute Gasteiger partial charge is 0.497 e. The van der Waals surface area contributed by atoms with Gasteiger partial charge in [0, 0.05) is 43.4 Å². The van der Waals surface area contributed by atoms with Crippen LogP contribution in [-0.2, 0) is 23.0 Å². The summed E-state index contributed by atoms with van der Waals surface area (Å²) in [5, 5.41) is 0. The Kier molecular flexibility index (Phi) is 5.97. The van der Waals surface area contributed by atoms with E-state index in [-0.39, 0.29) is 5.92 Å². The summed E-state index contributed by atoms with van der Waals surface area (Å²) in [6.07, 6.45) is 5.09. The van der Waals surface area contributed by atoms with Gasteiger partial charge < -0.3 is 9.64 Å². The number of hydrogen-bond acceptors (Lipinski definition) is 6. The summed E-state index contributed by atoms with van der Waals surface area (Å²) in [6.45, 7) is 4.81. The van der Waals surface area contributed by atoms with Gasteiger partial charge in [0.05, 0.1) is 13.4 Å². The van der Waals surface area contributed by atoms with Gasteiger partial charge in [0.25, 0.3) is 0 Å². The van der Waals surface area contributed by atoms with Crippen LogP contribution < -0.4 is 9.64 Å². The number of anilines is 1. The quantitative estimate of drug-likeness (QED) is 0.726. The first kappa shape index (κ1) is 21.1. The number of fused-ring (bicyclic) bond motifs is 1. The van der Waals surface area contributed by atoms with Crippen molar-refractivity contribution < 1.29 is 13.2 Å². The molecule has 4 rings (SSSR count). The minimum atomic E-state index is -3.20. The molecule has 7 nitrogen and oxygen atoms in total. The standard InChI is InChI=1S/C22H30N4O3S/c1-16-20-10-6-11-25(14-17-7-4-9-19(13-17)29-2)22(20)24-21(23-16)18-8-5-12-26(15-18)30(3,27)28/h4,7,9,13,18H,5-6,8,10-12,14-15H2,1-3H3/t18-/m0/s1. The second-order valence-electron chi connectivity index (χ2n) is 8.31. The molecule has 2 aliphatic rings. The molecule has 30 heavy (non-hydrogen) atoms. The van der Waals surface area contributed by atoms with Gasteiger partial charge in [0.15, 0.2) is 0 Å². The average Bonchev–Trinajstić information content (AvgIpc) is 2.74. The summed E-state index contributed by atoms with van der Waals surface area (Å²) >= 11 is 0. The third-order valence-corrected chi connectivity index (χ3v) is 7.36. The van der Waals surface area contributed by atoms with Gasteiger partial charge in [0.2, 0.25) is 10.0 Å². The molecule has 1 fully saturated rings. The number of benzene rings is 1. The summed E-state index contributed by atoms with van der Waals surface area (Å²) in [5.74, 6) is 2.67. The Morgan fingerprint density at radius 2 is 2.03 bits per heavy atom. The number of nitrogens with zero attached hydrogens (tertiary/aromatic N) is 4. The fourth-order valence-corrected chi connectivity index (χ4v) is 5.40. The van der Waals surface area contributed by atoms with Crippen molar-refractivity contribution in [1.82, 2.24) is 14.3 Å². The number of hydrogen-bond donors (Lipinski definition) is 0. The number of methoxy groups -OCH3 is 1. The maximum Gasteiger partial charge on any atom is 0.211 e. The van der Waals surface area contributed by atoms with E-state index in [1.165, 1.54) is 17.4 Å². The van der Waals surface area contributed by atoms with Crippen LogP contribution in [0.1, 0.15) is 47.8 Å². The third-order valence-electron chi connectivity index (χ3n) is 6.09. The number of piperidine rings is 1. The molecule has 0 radical (unpaired) electrons. The van der Waals surface area contributed by atoms with E-state index in [0.717, 1.165) is 61.9 Å². The van der Waals surface area contributed by atoms with Gasteiger partial charge in [-0.3, -0.25) is 0 Å². The van der Waals surface area contributed by atoms with Crippen molar-refractivity contribution in [2.75, 3.05) is 37.9 Å². The van der Waals surface area contributed by atoms with Crippen LogP contribution in [0, 0.1) is 6.92 Å². The van der Waals surface area contributed by atoms with Crippen molar-refractivity contribution in [1.29, 1.82) is 0 Å². The summed E-state index contributed by atoms with van der Waals surface area (Å²) in [4.78, 5) is 12.1. The molecule has 0 spiro atoms. The molecule has 1 atom stereocenters. The SMILES string of the molecule is COc1cccc(CN2CCCc3c(C)nc([C@H]4CCCN(S(C)(=O)=O)C4)nc32)c1. The van der Waals surface area contributed by atoms with E-state index in [0.29, 0.717) is 13.1 Å². The molecule has 0 aliphatic carbocycles. The Labute approximate surface area is 179 Å². The number of sulfonamides is 1. The van der Waals surface area contributed by atoms with E-state index in [1.807, 2.05) is 12.1 Å². The Bertz CT molecular complexity index is 1030. The van der Waals surface area contributed by atoms with Crippen molar-refractivity contribution in [3.8, 4) is 5.75 Å². The molecule has 2 aliphatic heterocycles. The lowest BCUT2D eigenvalue weighted by Crippen LogP contribution is -2.39. The van der Waals surface area contributed by atoms with Crippen molar-refractivity contribution in [2.45, 2.75) is 45.1 Å². The minimum absolute atomic E-state index is 0.0399. The van der Waals surface area contributed by atoms with Crippen LogP contribution in [0.15, 0.2) is 24.3 Å². The molecule has 0 amide bonds. The van der Waals surface area contributed by atoms with E-state index in [1.54, 1.807) is 11.4 Å². The lowest BCUT2D eigenvalue weighted by molar-refractivity contribution is 0.310. The van der Waals surface area contributed by atoms with Crippen LogP contribution in [-0.4, -0.2) is 55.7 Å². The summed E-state index contributed by atoms with van der Waals surface area (Å²) in [6, 6.07) is 8.14. The van der Waals surface area contributed by atoms with Crippen molar-refractivity contribution >= 4 is 15.8 Å². The highest BCUT2D eigenvalue weighted by atomic mass is 32.2. The van der Waals surface area contributed by atoms with Gasteiger partial charge in [-0.2, -0.15) is 0 Å². The molecular weight excluding hydrogens is 400 g/mol. The molecule has 0 saturated carbocycles. The zero-order chi connectivity index (χ0) is 21.3. The van der Waals surface area contributed by atoms with E-state index in [4.69, 9.17) is 14.7 Å². The van der Waals surface area contributed by atoms with Crippen LogP contribution in [0.5, 0.6) is 5.75 Å². The highest BCUT2D eigenvalue weighted by molar-refractivity contribution is 7.88. The number of ether oxygens (including phenoxy) is 1. The zero-order valence-electron chi connectivity index (χ0n) is 18.0. The molecule has 162 valence electrons. The van der Waals surface area contributed by atoms with Crippen LogP contribution in [0.3, 0.4) is 0 Å². The Balaban J connectivity index is 1.63. The smallest absolute Gasteiger partial charge is 0.211 e. The lowest BCUT2D eigenvalue weighted by atomic mass is 9.97. The molecule has 8 heteroatoms. The first-order valence-corrected chi connectivity index (χ1v) is 12.4. The molecule has 0 bridgehead atoms. The molecule has 3 heterocycles. The van der Waals surface area contributed by atoms with E-state index in [9.17, 15) is 8.42 Å². The predicted molar refractivity (Wildman–Crippen MR) is 118 cm³/mol. The van der Waals surface area contributed by atoms with Crippen molar-refractivity contribution in [3.05, 3.63) is 46.9 Å². The summed E-state index contributed by atoms with van der Waals surface area (Å²) in [5.41, 5.74) is 3.41. The van der Waals surface area contributed by atoms with Gasteiger partial charge in [-0.05, 0) is 50.3 Å². The monoisotopic (exact) mass is 430 g/mol. The van der Waals surface area contributed by atoms with Crippen LogP contribution >= 0.6 is 0 Å². The van der Waals surface area contributed by atoms with Gasteiger partial charge in [-0.25, -0.2) is 22.7 Å². The number of aryl methyl sites for hydroxylation is 1. The maximum absolute atomic E-state index is 12.0. The first-order chi connectivity index (χ1) is 14.3. The predicted octanol–water partition coefficient (Wildman–Crippen LogP) is 2.89. The second kappa shape index (κ2) is 8.51. The molecule has 1 saturated heterocycles. The Hall–Kier alpha value is -2.19. The molecule has 2 aromatic rings. The fourth-order valence-electron chi connectivity index (χ4n) is 4.49. The number of rotatable bonds is 5. The van der Waals surface area contributed by atoms with E-state index < -0.39 is 10.0 Å². The topological polar surface area (TPSA) is 75.6 Å². The van der Waals surface area contributed by atoms with Gasteiger partial charge in [-0.15, -0.1) is 0 Å². The fraction of sp³-hybridized carbons (Fsp3) is 0.545. The summed E-state index contributed by atoms with van der Waals surface area (Å²) < 4.78 is 31.0. The highest BCUT2D eigenvalue weighted by Crippen LogP contribution is 2.33. The molecule has 1 aromatic carbocycles. The van der Waals surface area contributed by atoms with Gasteiger partial charge >= 0.3 is 0 Å². The first-order valence-electron chi connectivity index (χ1n) is 10.6. The third kappa shape index (κ3) is 4.44. The second-order valence-corrected chi connectivity index (χ2v) is 10.3. The van der Waals surface area contributed by atoms with Crippen LogP contribution in [0.4, 0.5) is 5.82 Å². The van der Waals surface area contributed by atoms with Gasteiger partial charge in [-0.1, -0.05) is 12.1 Å². The molecule has 0 unspecified atom stereocenters. The zero-order valence-corrected chi connectivity index (χ0v) is 18.8. The minimum Gasteiger partial charge on any atom is -0.497 e. The molecular formula is C22H30N4O3S. The lowest BCUT2D eigenvalue weighted by Gasteiger charge is -2.34. The highest BCUT2D eigenvalue weighted by Gasteiger charge is 2.30. The van der Waals surface area contributed by atoms with E-state index >= 15 is 0 Å². The average molecular weight is 431 g/mol. The van der Waals surface area contributed by atoms with Crippen molar-refractivity contribution in [2.24, 2.45) is 0 Å².